The average Bonchev–Trinajstić information content (AvgIpc) is 3.57. The molecule has 2 aromatic heterocycles. The predicted molar refractivity (Wildman–Crippen MR) is 160 cm³/mol. The number of ether oxygens (including phenoxy) is 1. The number of rotatable bonds is 8. The maximum atomic E-state index is 13.3. The molecule has 5 rings (SSSR count). The van der Waals surface area contributed by atoms with Gasteiger partial charge in [0.2, 0.25) is 0 Å². The van der Waals surface area contributed by atoms with E-state index in [0.29, 0.717) is 55.3 Å². The van der Waals surface area contributed by atoms with Crippen LogP contribution in [0.3, 0.4) is 0 Å². The van der Waals surface area contributed by atoms with Crippen LogP contribution < -0.4 is 10.6 Å². The van der Waals surface area contributed by atoms with Crippen LogP contribution in [0.2, 0.25) is 0 Å². The number of anilines is 2. The maximum absolute atomic E-state index is 13.3. The fourth-order valence-electron chi connectivity index (χ4n) is 5.51. The average molecular weight is 617 g/mol. The first-order valence-corrected chi connectivity index (χ1v) is 16.2. The third-order valence-electron chi connectivity index (χ3n) is 7.68. The minimum absolute atomic E-state index is 0.0000799. The Morgan fingerprint density at radius 1 is 1.17 bits per heavy atom. The van der Waals surface area contributed by atoms with E-state index >= 15 is 0 Å². The number of piperazine rings is 1. The molecule has 2 fully saturated rings. The number of carbonyl (C=O) groups is 2. The number of para-hydroxylation sites is 1. The largest absolute Gasteiger partial charge is 0.453 e. The lowest BCUT2D eigenvalue weighted by molar-refractivity contribution is 0.0749. The number of nitrogens with zero attached hydrogens (tertiary/aromatic N) is 6. The number of likely N-dealkylation sites (tertiary alicyclic amines) is 1. The van der Waals surface area contributed by atoms with Crippen molar-refractivity contribution in [2.75, 3.05) is 57.0 Å². The van der Waals surface area contributed by atoms with Gasteiger partial charge in [-0.15, -0.1) is 0 Å². The van der Waals surface area contributed by atoms with Crippen molar-refractivity contribution in [1.82, 2.24) is 29.1 Å². The van der Waals surface area contributed by atoms with E-state index in [0.717, 1.165) is 36.1 Å². The molecule has 1 aromatic carbocycles. The summed E-state index contributed by atoms with van der Waals surface area (Å²) in [5, 5.41) is 6.87. The quantitative estimate of drug-likeness (QED) is 0.387. The molecule has 0 spiro atoms. The maximum Gasteiger partial charge on any atom is 0.413 e. The standard InChI is InChI=1S/C27H36N8O5S2/c1-17(30-23-20-8-5-9-21(22(20)28-16-29-23)24(36)35-10-6-7-18(35)2)15-33-11-13-34(14-12-33)42(38,39)25-19(3)31-26(41-25)32-27(37)40-4/h5,8-9,16-18H,6-7,10-15H2,1-4H3,(H,28,29,30)(H,31,32,37)/t17-,18-/m0/s1. The van der Waals surface area contributed by atoms with Crippen molar-refractivity contribution in [2.24, 2.45) is 0 Å². The van der Waals surface area contributed by atoms with Crippen LogP contribution in [-0.4, -0.2) is 108 Å². The zero-order valence-electron chi connectivity index (χ0n) is 24.2. The molecule has 2 N–H and O–H groups in total. The Morgan fingerprint density at radius 3 is 2.62 bits per heavy atom. The number of nitrogens with one attached hydrogen (secondary N) is 2. The van der Waals surface area contributed by atoms with E-state index in [1.807, 2.05) is 23.1 Å². The first kappa shape index (κ1) is 30.1. The minimum Gasteiger partial charge on any atom is -0.453 e. The summed E-state index contributed by atoms with van der Waals surface area (Å²) in [6.45, 7) is 8.97. The van der Waals surface area contributed by atoms with Gasteiger partial charge in [0.05, 0.1) is 23.9 Å². The molecule has 4 heterocycles. The van der Waals surface area contributed by atoms with Crippen LogP contribution >= 0.6 is 11.3 Å². The summed E-state index contributed by atoms with van der Waals surface area (Å²) in [6, 6.07) is 5.84. The number of fused-ring (bicyclic) bond motifs is 1. The number of methoxy groups -OCH3 is 1. The molecule has 2 aliphatic heterocycles. The van der Waals surface area contributed by atoms with Gasteiger partial charge in [0.1, 0.15) is 12.1 Å². The smallest absolute Gasteiger partial charge is 0.413 e. The van der Waals surface area contributed by atoms with Gasteiger partial charge in [-0.1, -0.05) is 17.4 Å². The monoisotopic (exact) mass is 616 g/mol. The Balaban J connectivity index is 1.21. The number of thiazole rings is 1. The molecule has 0 unspecified atom stereocenters. The second-order valence-electron chi connectivity index (χ2n) is 10.7. The Labute approximate surface area is 249 Å². The molecule has 0 radical (unpaired) electrons. The van der Waals surface area contributed by atoms with Gasteiger partial charge >= 0.3 is 6.09 Å². The van der Waals surface area contributed by atoms with Crippen LogP contribution in [0.15, 0.2) is 28.7 Å². The van der Waals surface area contributed by atoms with Crippen LogP contribution in [-0.2, 0) is 14.8 Å². The first-order valence-electron chi connectivity index (χ1n) is 13.9. The van der Waals surface area contributed by atoms with Crippen molar-refractivity contribution in [3.63, 3.8) is 0 Å². The Bertz CT molecular complexity index is 1570. The molecule has 226 valence electrons. The zero-order valence-corrected chi connectivity index (χ0v) is 25.8. The third kappa shape index (κ3) is 6.19. The molecular formula is C27H36N8O5S2. The molecule has 42 heavy (non-hydrogen) atoms. The lowest BCUT2D eigenvalue weighted by atomic mass is 10.1. The van der Waals surface area contributed by atoms with Gasteiger partial charge in [0.15, 0.2) is 9.34 Å². The molecule has 2 atom stereocenters. The summed E-state index contributed by atoms with van der Waals surface area (Å²) < 4.78 is 32.8. The zero-order chi connectivity index (χ0) is 30.0. The van der Waals surface area contributed by atoms with Gasteiger partial charge in [0.25, 0.3) is 15.9 Å². The van der Waals surface area contributed by atoms with Crippen LogP contribution in [0.5, 0.6) is 0 Å². The molecule has 2 saturated heterocycles. The van der Waals surface area contributed by atoms with Crippen molar-refractivity contribution < 1.29 is 22.7 Å². The lowest BCUT2D eigenvalue weighted by Gasteiger charge is -2.35. The number of carbonyl (C=O) groups excluding carboxylic acids is 2. The van der Waals surface area contributed by atoms with E-state index in [2.05, 4.69) is 49.1 Å². The summed E-state index contributed by atoms with van der Waals surface area (Å²) in [4.78, 5) is 42.0. The lowest BCUT2D eigenvalue weighted by Crippen LogP contribution is -2.50. The highest BCUT2D eigenvalue weighted by Crippen LogP contribution is 2.31. The highest BCUT2D eigenvalue weighted by Gasteiger charge is 2.33. The summed E-state index contributed by atoms with van der Waals surface area (Å²) >= 11 is 0.915. The van der Waals surface area contributed by atoms with Crippen molar-refractivity contribution in [3.05, 3.63) is 35.8 Å². The van der Waals surface area contributed by atoms with Gasteiger partial charge in [-0.2, -0.15) is 4.31 Å². The topological polar surface area (TPSA) is 150 Å². The molecule has 15 heteroatoms. The van der Waals surface area contributed by atoms with Gasteiger partial charge in [-0.25, -0.2) is 28.2 Å². The van der Waals surface area contributed by atoms with Gasteiger partial charge in [-0.3, -0.25) is 15.0 Å². The van der Waals surface area contributed by atoms with Crippen molar-refractivity contribution in [1.29, 1.82) is 0 Å². The fraction of sp³-hybridized carbons (Fsp3) is 0.519. The highest BCUT2D eigenvalue weighted by atomic mass is 32.2. The molecule has 2 aliphatic rings. The molecule has 0 saturated carbocycles. The Morgan fingerprint density at radius 2 is 1.93 bits per heavy atom. The van der Waals surface area contributed by atoms with E-state index in [1.165, 1.54) is 17.7 Å². The molecule has 0 aliphatic carbocycles. The van der Waals surface area contributed by atoms with Crippen LogP contribution in [0, 0.1) is 6.92 Å². The fourth-order valence-corrected chi connectivity index (χ4v) is 8.47. The SMILES string of the molecule is COC(=O)Nc1nc(C)c(S(=O)(=O)N2CCN(C[C@H](C)Nc3ncnc4c(C(=O)N5CCC[C@@H]5C)cccc34)CC2)s1. The molecule has 3 aromatic rings. The first-order chi connectivity index (χ1) is 20.1. The highest BCUT2D eigenvalue weighted by molar-refractivity contribution is 7.91. The Kier molecular flexibility index (Phi) is 8.92. The van der Waals surface area contributed by atoms with Crippen LogP contribution in [0.1, 0.15) is 42.7 Å². The van der Waals surface area contributed by atoms with Gasteiger partial charge in [0, 0.05) is 56.7 Å². The third-order valence-corrected chi connectivity index (χ3v) is 11.2. The second kappa shape index (κ2) is 12.5. The summed E-state index contributed by atoms with van der Waals surface area (Å²) in [5.41, 5.74) is 1.55. The number of benzene rings is 1. The van der Waals surface area contributed by atoms with Crippen LogP contribution in [0.4, 0.5) is 15.7 Å². The molecule has 0 bridgehead atoms. The number of amides is 2. The number of aryl methyl sites for hydroxylation is 1. The predicted octanol–water partition coefficient (Wildman–Crippen LogP) is 3.00. The van der Waals surface area contributed by atoms with E-state index in [9.17, 15) is 18.0 Å². The molecular weight excluding hydrogens is 580 g/mol. The summed E-state index contributed by atoms with van der Waals surface area (Å²) in [5.74, 6) is 0.662. The number of aromatic nitrogens is 3. The summed E-state index contributed by atoms with van der Waals surface area (Å²) in [7, 11) is -2.52. The Hall–Kier alpha value is -3.40. The van der Waals surface area contributed by atoms with Crippen molar-refractivity contribution in [2.45, 2.75) is 49.9 Å². The van der Waals surface area contributed by atoms with Crippen LogP contribution in [0.25, 0.3) is 10.9 Å². The van der Waals surface area contributed by atoms with E-state index in [4.69, 9.17) is 0 Å². The second-order valence-corrected chi connectivity index (χ2v) is 13.8. The van der Waals surface area contributed by atoms with E-state index in [1.54, 1.807) is 6.92 Å². The molecule has 2 amide bonds. The van der Waals surface area contributed by atoms with E-state index < -0.39 is 16.1 Å². The molecule has 13 nitrogen and oxygen atoms in total. The number of sulfonamides is 1. The van der Waals surface area contributed by atoms with Crippen molar-refractivity contribution in [3.8, 4) is 0 Å². The van der Waals surface area contributed by atoms with E-state index in [-0.39, 0.29) is 27.3 Å². The number of hydrogen-bond acceptors (Lipinski definition) is 11. The van der Waals surface area contributed by atoms with Gasteiger partial charge in [-0.05, 0) is 45.7 Å². The number of hydrogen-bond donors (Lipinski definition) is 2. The minimum atomic E-state index is -3.75. The summed E-state index contributed by atoms with van der Waals surface area (Å²) in [6.07, 6.45) is 2.80. The normalized spacial score (nSPS) is 19.1. The van der Waals surface area contributed by atoms with Gasteiger partial charge < -0.3 is 15.0 Å². The van der Waals surface area contributed by atoms with Crippen molar-refractivity contribution >= 4 is 55.2 Å².